The molecule has 0 radical (unpaired) electrons. The molecule has 3 nitrogen and oxygen atoms in total. The summed E-state index contributed by atoms with van der Waals surface area (Å²) in [6, 6.07) is 0. The summed E-state index contributed by atoms with van der Waals surface area (Å²) in [5.74, 6) is 0. The van der Waals surface area contributed by atoms with Gasteiger partial charge < -0.3 is 5.32 Å². The highest BCUT2D eigenvalue weighted by Gasteiger charge is 2.34. The first-order chi connectivity index (χ1) is 8.62. The van der Waals surface area contributed by atoms with Crippen molar-refractivity contribution >= 4 is 15.9 Å². The van der Waals surface area contributed by atoms with E-state index in [4.69, 9.17) is 0 Å². The quantitative estimate of drug-likeness (QED) is 0.869. The van der Waals surface area contributed by atoms with Gasteiger partial charge in [0, 0.05) is 19.6 Å². The van der Waals surface area contributed by atoms with Crippen LogP contribution in [0.4, 0.5) is 0 Å². The molecule has 0 aliphatic heterocycles. The highest BCUT2D eigenvalue weighted by atomic mass is 79.9. The van der Waals surface area contributed by atoms with Crippen LogP contribution in [0.1, 0.15) is 50.9 Å². The molecule has 1 aromatic rings. The molecule has 18 heavy (non-hydrogen) atoms. The Bertz CT molecular complexity index is 402. The van der Waals surface area contributed by atoms with Crippen molar-refractivity contribution in [2.45, 2.75) is 59.5 Å². The lowest BCUT2D eigenvalue weighted by Crippen LogP contribution is -2.39. The van der Waals surface area contributed by atoms with E-state index in [1.165, 1.54) is 31.4 Å². The van der Waals surface area contributed by atoms with Crippen LogP contribution in [0.5, 0.6) is 0 Å². The van der Waals surface area contributed by atoms with Crippen LogP contribution in [0, 0.1) is 12.3 Å². The van der Waals surface area contributed by atoms with Gasteiger partial charge in [-0.15, -0.1) is 0 Å². The van der Waals surface area contributed by atoms with Gasteiger partial charge in [-0.05, 0) is 54.5 Å². The lowest BCUT2D eigenvalue weighted by atomic mass is 9.67. The molecule has 1 aromatic heterocycles. The Labute approximate surface area is 118 Å². The third-order valence-corrected chi connectivity index (χ3v) is 5.44. The molecule has 0 atom stereocenters. The zero-order chi connectivity index (χ0) is 13.2. The van der Waals surface area contributed by atoms with Gasteiger partial charge in [0.25, 0.3) is 0 Å². The Kier molecular flexibility index (Phi) is 4.49. The maximum Gasteiger partial charge on any atom is 0.0739 e. The van der Waals surface area contributed by atoms with Crippen LogP contribution in [0.15, 0.2) is 4.47 Å². The monoisotopic (exact) mass is 313 g/mol. The van der Waals surface area contributed by atoms with E-state index >= 15 is 0 Å². The standard InChI is InChI=1S/C14H24BrN3/c1-4-14(7-6-8-14)10-16-9-12-13(15)11(3)17-18(12)5-2/h16H,4-10H2,1-3H3. The number of rotatable bonds is 6. The van der Waals surface area contributed by atoms with Gasteiger partial charge in [0.15, 0.2) is 0 Å². The zero-order valence-electron chi connectivity index (χ0n) is 11.7. The molecule has 0 unspecified atom stereocenters. The van der Waals surface area contributed by atoms with Crippen LogP contribution in [-0.2, 0) is 13.1 Å². The Hall–Kier alpha value is -0.350. The summed E-state index contributed by atoms with van der Waals surface area (Å²) in [4.78, 5) is 0. The van der Waals surface area contributed by atoms with Crippen molar-refractivity contribution < 1.29 is 0 Å². The van der Waals surface area contributed by atoms with Crippen LogP contribution < -0.4 is 5.32 Å². The van der Waals surface area contributed by atoms with Gasteiger partial charge in [0.2, 0.25) is 0 Å². The molecule has 1 N–H and O–H groups in total. The first-order valence-corrected chi connectivity index (χ1v) is 7.83. The summed E-state index contributed by atoms with van der Waals surface area (Å²) in [5.41, 5.74) is 2.95. The maximum absolute atomic E-state index is 4.53. The molecule has 1 aliphatic rings. The lowest BCUT2D eigenvalue weighted by Gasteiger charge is -2.41. The number of aryl methyl sites for hydroxylation is 2. The topological polar surface area (TPSA) is 29.9 Å². The average molecular weight is 314 g/mol. The number of nitrogens with zero attached hydrogens (tertiary/aromatic N) is 2. The summed E-state index contributed by atoms with van der Waals surface area (Å²) < 4.78 is 3.25. The van der Waals surface area contributed by atoms with Crippen molar-refractivity contribution in [2.75, 3.05) is 6.54 Å². The highest BCUT2D eigenvalue weighted by molar-refractivity contribution is 9.10. The minimum absolute atomic E-state index is 0.582. The first kappa shape index (κ1) is 14.1. The predicted octanol–water partition coefficient (Wildman–Crippen LogP) is 3.64. The molecule has 1 aliphatic carbocycles. The Morgan fingerprint density at radius 3 is 2.61 bits per heavy atom. The molecule has 1 heterocycles. The molecule has 0 saturated heterocycles. The van der Waals surface area contributed by atoms with E-state index in [9.17, 15) is 0 Å². The van der Waals surface area contributed by atoms with Gasteiger partial charge in [0.1, 0.15) is 0 Å². The van der Waals surface area contributed by atoms with E-state index in [0.29, 0.717) is 5.41 Å². The number of aromatic nitrogens is 2. The molecule has 0 amide bonds. The largest absolute Gasteiger partial charge is 0.311 e. The molecule has 0 bridgehead atoms. The molecule has 102 valence electrons. The molecule has 4 heteroatoms. The number of halogens is 1. The second kappa shape index (κ2) is 5.74. The number of hydrogen-bond acceptors (Lipinski definition) is 2. The number of hydrogen-bond donors (Lipinski definition) is 1. The second-order valence-corrected chi connectivity index (χ2v) is 6.27. The summed E-state index contributed by atoms with van der Waals surface area (Å²) in [5, 5.41) is 8.16. The normalized spacial score (nSPS) is 17.8. The van der Waals surface area contributed by atoms with Crippen molar-refractivity contribution in [3.63, 3.8) is 0 Å². The second-order valence-electron chi connectivity index (χ2n) is 5.47. The van der Waals surface area contributed by atoms with Crippen LogP contribution in [0.25, 0.3) is 0 Å². The highest BCUT2D eigenvalue weighted by Crippen LogP contribution is 2.43. The SMILES string of the molecule is CCn1nc(C)c(Br)c1CNCC1(CC)CCC1. The van der Waals surface area contributed by atoms with Crippen LogP contribution in [-0.4, -0.2) is 16.3 Å². The number of nitrogens with one attached hydrogen (secondary N) is 1. The van der Waals surface area contributed by atoms with E-state index in [1.54, 1.807) is 0 Å². The summed E-state index contributed by atoms with van der Waals surface area (Å²) in [6.07, 6.45) is 5.49. The smallest absolute Gasteiger partial charge is 0.0739 e. The molecular weight excluding hydrogens is 290 g/mol. The summed E-state index contributed by atoms with van der Waals surface area (Å²) in [6.45, 7) is 9.50. The van der Waals surface area contributed by atoms with E-state index in [2.05, 4.69) is 51.8 Å². The van der Waals surface area contributed by atoms with E-state index in [-0.39, 0.29) is 0 Å². The van der Waals surface area contributed by atoms with Gasteiger partial charge in [0.05, 0.1) is 15.9 Å². The van der Waals surface area contributed by atoms with Crippen LogP contribution in [0.3, 0.4) is 0 Å². The fraction of sp³-hybridized carbons (Fsp3) is 0.786. The van der Waals surface area contributed by atoms with Gasteiger partial charge in [-0.25, -0.2) is 0 Å². The van der Waals surface area contributed by atoms with Crippen molar-refractivity contribution in [1.29, 1.82) is 0 Å². The first-order valence-electron chi connectivity index (χ1n) is 7.04. The zero-order valence-corrected chi connectivity index (χ0v) is 13.3. The van der Waals surface area contributed by atoms with Crippen molar-refractivity contribution in [3.05, 3.63) is 15.9 Å². The molecule has 1 fully saturated rings. The lowest BCUT2D eigenvalue weighted by molar-refractivity contribution is 0.123. The molecule has 0 aromatic carbocycles. The molecular formula is C14H24BrN3. The van der Waals surface area contributed by atoms with Gasteiger partial charge >= 0.3 is 0 Å². The summed E-state index contributed by atoms with van der Waals surface area (Å²) in [7, 11) is 0. The predicted molar refractivity (Wildman–Crippen MR) is 78.6 cm³/mol. The third kappa shape index (κ3) is 2.64. The molecule has 0 spiro atoms. The minimum Gasteiger partial charge on any atom is -0.311 e. The maximum atomic E-state index is 4.53. The van der Waals surface area contributed by atoms with Gasteiger partial charge in [-0.3, -0.25) is 4.68 Å². The minimum atomic E-state index is 0.582. The van der Waals surface area contributed by atoms with Crippen molar-refractivity contribution in [2.24, 2.45) is 5.41 Å². The van der Waals surface area contributed by atoms with Crippen molar-refractivity contribution in [3.8, 4) is 0 Å². The fourth-order valence-electron chi connectivity index (χ4n) is 2.82. The molecule has 1 saturated carbocycles. The van der Waals surface area contributed by atoms with Crippen LogP contribution in [0.2, 0.25) is 0 Å². The van der Waals surface area contributed by atoms with Crippen molar-refractivity contribution in [1.82, 2.24) is 15.1 Å². The van der Waals surface area contributed by atoms with Crippen LogP contribution >= 0.6 is 15.9 Å². The van der Waals surface area contributed by atoms with Gasteiger partial charge in [-0.1, -0.05) is 13.3 Å². The van der Waals surface area contributed by atoms with E-state index in [0.717, 1.165) is 29.8 Å². The van der Waals surface area contributed by atoms with Gasteiger partial charge in [-0.2, -0.15) is 5.10 Å². The molecule has 2 rings (SSSR count). The Balaban J connectivity index is 1.94. The average Bonchev–Trinajstić information content (AvgIpc) is 2.60. The summed E-state index contributed by atoms with van der Waals surface area (Å²) >= 11 is 3.65. The Morgan fingerprint density at radius 2 is 2.11 bits per heavy atom. The third-order valence-electron chi connectivity index (χ3n) is 4.41. The Morgan fingerprint density at radius 1 is 1.39 bits per heavy atom. The van der Waals surface area contributed by atoms with E-state index in [1.807, 2.05) is 0 Å². The van der Waals surface area contributed by atoms with E-state index < -0.39 is 0 Å². The fourth-order valence-corrected chi connectivity index (χ4v) is 3.24.